The van der Waals surface area contributed by atoms with Crippen LogP contribution < -0.4 is 0 Å². The highest BCUT2D eigenvalue weighted by Crippen LogP contribution is 2.87. The monoisotopic (exact) mass is 6020 g/mol. The molecule has 0 aliphatic rings. The smallest absolute Gasteiger partial charge is 0.332 e. The van der Waals surface area contributed by atoms with E-state index in [0.717, 1.165) is 0 Å². The lowest BCUT2D eigenvalue weighted by Crippen LogP contribution is -2.74. The molecule has 0 bridgehead atoms. The molecule has 420 valence electrons. The van der Waals surface area contributed by atoms with Crippen molar-refractivity contribution >= 4 is 1020 Å². The summed E-state index contributed by atoms with van der Waals surface area (Å²) in [5.41, 5.74) is 0. The molecule has 0 heterocycles. The molecule has 0 rings (SSSR count). The number of carboxylic acids is 1. The van der Waals surface area contributed by atoms with E-state index in [2.05, 4.69) is 1020 Å². The minimum Gasteiger partial charge on any atom is -0.480 e. The lowest BCUT2D eigenvalue weighted by Gasteiger charge is -2.63. The standard InChI is InChI=1S/C23HI45O2/c24-2(25,1(69)70)3(26,27)4(28,29)5(30,31)6(32,33)7(34,35)8(36,37)9(38,39)10(40,41)11(42,43)12(44,45)13(46,47)14(48,49)15(50,51)16(52,53)17(54,55)18(56,57)19(58,59)20(60,61)21(62,63)22(64,65)23(66,67)68/h(H,69,70). The second-order valence-corrected chi connectivity index (χ2v) is 135. The van der Waals surface area contributed by atoms with Crippen LogP contribution in [0, 0.1) is 0 Å². The van der Waals surface area contributed by atoms with Crippen molar-refractivity contribution in [3.63, 3.8) is 0 Å². The predicted octanol–water partition coefficient (Wildman–Crippen LogP) is 34.9. The molecule has 0 fully saturated rings. The Bertz CT molecular complexity index is 1940. The summed E-state index contributed by atoms with van der Waals surface area (Å²) in [7, 11) is 0. The van der Waals surface area contributed by atoms with Crippen molar-refractivity contribution < 1.29 is 9.90 Å². The maximum absolute atomic E-state index is 12.9. The molecule has 0 saturated carbocycles. The number of aliphatic carboxylic acids is 1. The second kappa shape index (κ2) is 36.4. The molecule has 0 unspecified atom stereocenters. The minimum atomic E-state index is -1.07. The van der Waals surface area contributed by atoms with Crippen molar-refractivity contribution in [2.75, 3.05) is 0 Å². The maximum Gasteiger partial charge on any atom is 0.332 e. The van der Waals surface area contributed by atoms with Gasteiger partial charge in [0, 0.05) is 0 Å². The van der Waals surface area contributed by atoms with E-state index in [1.165, 1.54) is 0 Å². The molecule has 0 aromatic heterocycles. The lowest BCUT2D eigenvalue weighted by atomic mass is 10.0. The molecule has 0 radical (unpaired) electrons. The number of carbonyl (C=O) groups is 1. The fourth-order valence-electron chi connectivity index (χ4n) is 4.06. The van der Waals surface area contributed by atoms with Crippen LogP contribution in [0.15, 0.2) is 0 Å². The average Bonchev–Trinajstić information content (AvgIpc) is 3.12. The van der Waals surface area contributed by atoms with Gasteiger partial charge >= 0.3 is 5.97 Å². The van der Waals surface area contributed by atoms with E-state index in [1.54, 1.807) is 0 Å². The number of rotatable bonds is 22. The molecule has 47 heteroatoms. The Labute approximate surface area is 1020 Å². The fraction of sp³-hybridized carbons (Fsp3) is 0.957. The van der Waals surface area contributed by atoms with Gasteiger partial charge in [0.15, 0.2) is 1.43 Å². The van der Waals surface area contributed by atoms with Crippen molar-refractivity contribution in [3.05, 3.63) is 0 Å². The molecule has 0 amide bonds. The molecule has 2 nitrogen and oxygen atoms in total. The van der Waals surface area contributed by atoms with Crippen LogP contribution >= 0.6 is 1020 Å². The largest absolute Gasteiger partial charge is 0.480 e. The first-order valence-corrected chi connectivity index (χ1v) is 63.0. The summed E-state index contributed by atoms with van der Waals surface area (Å²) < 4.78 is -8.22. The van der Waals surface area contributed by atoms with E-state index in [-0.39, 0.29) is 19.4 Å². The molecule has 70 heavy (non-hydrogen) atoms. The SMILES string of the molecule is O=C(O)C(I)(I)C(I)(I)C(I)(I)C(I)(I)C(I)(I)C(I)(I)C(I)(I)C(I)(I)C(I)(I)C(I)(I)C(I)(I)C(I)(I)C(I)(I)C(I)(I)C(I)(I)C(I)(I)C(I)(I)C(I)(I)C(I)(I)C(I)(I)C(I)(I)C(I)(I)I. The highest BCUT2D eigenvalue weighted by molar-refractivity contribution is 14.3. The molecule has 0 aliphatic carbocycles. The van der Waals surface area contributed by atoms with Crippen molar-refractivity contribution in [2.24, 2.45) is 0 Å². The van der Waals surface area contributed by atoms with E-state index in [1.807, 2.05) is 0 Å². The summed E-state index contributed by atoms with van der Waals surface area (Å²) in [4.78, 5) is 12.9. The van der Waals surface area contributed by atoms with Crippen LogP contribution in [0.3, 0.4) is 0 Å². The number of carboxylic acid groups (broad SMARTS) is 1. The Balaban J connectivity index is 8.12. The Morgan fingerprint density at radius 3 is 0.343 bits per heavy atom. The third-order valence-electron chi connectivity index (χ3n) is 8.51. The summed E-state index contributed by atoms with van der Waals surface area (Å²) in [5.74, 6) is -0.821. The quantitative estimate of drug-likeness (QED) is 0.0866. The average molecular weight is 6020 g/mol. The van der Waals surface area contributed by atoms with Crippen molar-refractivity contribution in [3.8, 4) is 0 Å². The van der Waals surface area contributed by atoms with Gasteiger partial charge in [-0.1, -0.05) is 1020 Å². The minimum absolute atomic E-state index is 0.0347. The van der Waals surface area contributed by atoms with Gasteiger partial charge in [0.2, 0.25) is 0 Å². The molecule has 0 atom stereocenters. The summed E-state index contributed by atoms with van der Waals surface area (Å²) in [5, 5.41) is 10.6. The van der Waals surface area contributed by atoms with Gasteiger partial charge in [-0.2, -0.15) is 0 Å². The van der Waals surface area contributed by atoms with Crippen molar-refractivity contribution in [1.29, 1.82) is 0 Å². The Kier molecular flexibility index (Phi) is 53.2. The van der Waals surface area contributed by atoms with E-state index in [9.17, 15) is 9.90 Å². The van der Waals surface area contributed by atoms with E-state index in [0.29, 0.717) is 0 Å². The molecule has 0 aromatic carbocycles. The number of halogens is 45. The Morgan fingerprint density at radius 2 is 0.257 bits per heavy atom. The second-order valence-electron chi connectivity index (χ2n) is 12.9. The van der Waals surface area contributed by atoms with Gasteiger partial charge in [-0.15, -0.1) is 0 Å². The summed E-state index contributed by atoms with van der Waals surface area (Å²) in [6.45, 7) is 0. The first-order valence-electron chi connectivity index (χ1n) is 14.4. The van der Waals surface area contributed by atoms with Crippen molar-refractivity contribution in [2.45, 2.75) is 29.4 Å². The molecule has 0 aliphatic heterocycles. The van der Waals surface area contributed by atoms with Crippen LogP contribution in [0.4, 0.5) is 0 Å². The van der Waals surface area contributed by atoms with E-state index in [4.69, 9.17) is 0 Å². The molecule has 0 aromatic rings. The van der Waals surface area contributed by atoms with Gasteiger partial charge in [0.1, 0.15) is 28.0 Å². The molecular formula is C23HI45O2. The third kappa shape index (κ3) is 19.2. The van der Waals surface area contributed by atoms with Gasteiger partial charge in [0.25, 0.3) is 0 Å². The van der Waals surface area contributed by atoms with E-state index >= 15 is 0 Å². The number of hydrogen-bond donors (Lipinski definition) is 1. The fourth-order valence-corrected chi connectivity index (χ4v) is 79.6. The zero-order chi connectivity index (χ0) is 58.6. The van der Waals surface area contributed by atoms with Gasteiger partial charge in [-0.05, 0) is 0 Å². The molecular weight excluding hydrogens is 6020 g/mol. The summed E-state index contributed by atoms with van der Waals surface area (Å²) in [6.07, 6.45) is 0. The summed E-state index contributed by atoms with van der Waals surface area (Å²) in [6, 6.07) is 0. The molecule has 0 saturated heterocycles. The predicted molar refractivity (Wildman–Crippen MR) is 699 cm³/mol. The highest BCUT2D eigenvalue weighted by Gasteiger charge is 2.85. The number of hydrogen-bond acceptors (Lipinski definition) is 1. The Hall–Kier alpha value is 32.3. The summed E-state index contributed by atoms with van der Waals surface area (Å²) >= 11 is 123. The molecule has 1 N–H and O–H groups in total. The zero-order valence-corrected chi connectivity index (χ0v) is 126. The van der Waals surface area contributed by atoms with Crippen LogP contribution in [0.1, 0.15) is 0 Å². The topological polar surface area (TPSA) is 37.3 Å². The van der Waals surface area contributed by atoms with Gasteiger partial charge in [-0.25, -0.2) is 4.79 Å². The number of alkyl halides is 45. The zero-order valence-electron chi connectivity index (χ0n) is 29.4. The Morgan fingerprint density at radius 1 is 0.171 bits per heavy atom. The van der Waals surface area contributed by atoms with E-state index < -0.39 is 16.0 Å². The van der Waals surface area contributed by atoms with Gasteiger partial charge < -0.3 is 5.11 Å². The maximum atomic E-state index is 12.9. The van der Waals surface area contributed by atoms with Crippen LogP contribution in [-0.2, 0) is 4.79 Å². The van der Waals surface area contributed by atoms with Crippen LogP contribution in [-0.4, -0.2) is 40.5 Å². The van der Waals surface area contributed by atoms with Crippen LogP contribution in [0.2, 0.25) is 0 Å². The van der Waals surface area contributed by atoms with Crippen LogP contribution in [0.25, 0.3) is 0 Å². The van der Waals surface area contributed by atoms with Crippen LogP contribution in [0.5, 0.6) is 0 Å². The highest BCUT2D eigenvalue weighted by atomic mass is 127. The first kappa shape index (κ1) is 102. The van der Waals surface area contributed by atoms with Gasteiger partial charge in [-0.3, -0.25) is 0 Å². The van der Waals surface area contributed by atoms with Gasteiger partial charge in [0.05, 0.1) is 0 Å². The van der Waals surface area contributed by atoms with Crippen molar-refractivity contribution in [1.82, 2.24) is 0 Å². The first-order chi connectivity index (χ1) is 29.2. The lowest BCUT2D eigenvalue weighted by molar-refractivity contribution is -0.136. The third-order valence-corrected chi connectivity index (χ3v) is 167. The normalized spacial score (nSPS) is 17.3. The molecule has 0 spiro atoms.